The van der Waals surface area contributed by atoms with Crippen LogP contribution in [0.25, 0.3) is 0 Å². The van der Waals surface area contributed by atoms with Crippen LogP contribution in [0.3, 0.4) is 0 Å². The third kappa shape index (κ3) is 2.30. The molecule has 0 fully saturated rings. The highest BCUT2D eigenvalue weighted by molar-refractivity contribution is 7.85. The number of hydrogen-bond acceptors (Lipinski definition) is 3. The second-order valence-corrected chi connectivity index (χ2v) is 4.08. The van der Waals surface area contributed by atoms with E-state index in [9.17, 15) is 13.6 Å². The van der Waals surface area contributed by atoms with Crippen LogP contribution in [0.1, 0.15) is 20.3 Å². The molecule has 2 N–H and O–H groups in total. The van der Waals surface area contributed by atoms with E-state index < -0.39 is 15.3 Å². The van der Waals surface area contributed by atoms with Crippen LogP contribution in [0, 0.1) is 5.21 Å². The molecular weight excluding hydrogens is 142 g/mol. The lowest BCUT2D eigenvalue weighted by molar-refractivity contribution is -0.417. The summed E-state index contributed by atoms with van der Waals surface area (Å²) in [4.78, 5) is 0.0150. The molecule has 1 unspecified atom stereocenters. The average Bonchev–Trinajstić information content (AvgIpc) is 1.86. The van der Waals surface area contributed by atoms with Crippen molar-refractivity contribution in [2.75, 3.05) is 0 Å². The van der Waals surface area contributed by atoms with Gasteiger partial charge in [-0.15, -0.1) is 0 Å². The van der Waals surface area contributed by atoms with Gasteiger partial charge in [-0.1, -0.05) is 6.92 Å². The summed E-state index contributed by atoms with van der Waals surface area (Å²) in [5.41, 5.74) is 0. The highest BCUT2D eigenvalue weighted by Gasteiger charge is 2.17. The highest BCUT2D eigenvalue weighted by Crippen LogP contribution is 1.96. The topological polar surface area (TPSA) is 73.8 Å². The largest absolute Gasteiger partial charge is 0.620 e. The standard InChI is InChI=1S/C4H11NO3S/c1-3-4(2)9(7,8)5-6/h4H,3,5H2,1-2H3. The molecule has 0 aliphatic rings. The summed E-state index contributed by atoms with van der Waals surface area (Å²) < 4.78 is 21.1. The van der Waals surface area contributed by atoms with Gasteiger partial charge in [0, 0.05) is 0 Å². The molecule has 9 heavy (non-hydrogen) atoms. The van der Waals surface area contributed by atoms with Crippen LogP contribution in [0.2, 0.25) is 0 Å². The summed E-state index contributed by atoms with van der Waals surface area (Å²) >= 11 is 0. The minimum Gasteiger partial charge on any atom is -0.620 e. The molecule has 0 aliphatic heterocycles. The summed E-state index contributed by atoms with van der Waals surface area (Å²) in [6.07, 6.45) is 0.487. The van der Waals surface area contributed by atoms with E-state index in [1.54, 1.807) is 6.92 Å². The van der Waals surface area contributed by atoms with E-state index in [4.69, 9.17) is 0 Å². The molecule has 0 radical (unpaired) electrons. The van der Waals surface area contributed by atoms with Gasteiger partial charge in [-0.2, -0.15) is 8.42 Å². The Labute approximate surface area is 54.9 Å². The molecule has 0 rings (SSSR count). The fraction of sp³-hybridized carbons (Fsp3) is 1.00. The maximum Gasteiger partial charge on any atom is 0.296 e. The maximum absolute atomic E-state index is 10.6. The lowest BCUT2D eigenvalue weighted by atomic mass is 10.4. The van der Waals surface area contributed by atoms with Crippen LogP contribution in [0.4, 0.5) is 0 Å². The van der Waals surface area contributed by atoms with Crippen LogP contribution >= 0.6 is 0 Å². The molecule has 0 aliphatic carbocycles. The fourth-order valence-corrected chi connectivity index (χ4v) is 0.981. The number of rotatable bonds is 3. The lowest BCUT2D eigenvalue weighted by Crippen LogP contribution is -2.83. The van der Waals surface area contributed by atoms with Gasteiger partial charge in [-0.3, -0.25) is 4.89 Å². The minimum atomic E-state index is -3.43. The van der Waals surface area contributed by atoms with Gasteiger partial charge in [0.25, 0.3) is 10.0 Å². The smallest absolute Gasteiger partial charge is 0.296 e. The summed E-state index contributed by atoms with van der Waals surface area (Å²) in [7, 11) is -3.43. The van der Waals surface area contributed by atoms with Gasteiger partial charge in [-0.05, 0) is 13.3 Å². The molecule has 0 amide bonds. The van der Waals surface area contributed by atoms with Gasteiger partial charge in [-0.25, -0.2) is 0 Å². The first-order chi connectivity index (χ1) is 4.04. The Morgan fingerprint density at radius 3 is 2.22 bits per heavy atom. The maximum atomic E-state index is 10.6. The molecule has 4 nitrogen and oxygen atoms in total. The Morgan fingerprint density at radius 2 is 2.11 bits per heavy atom. The Balaban J connectivity index is 4.17. The van der Waals surface area contributed by atoms with Crippen molar-refractivity contribution in [3.8, 4) is 0 Å². The summed E-state index contributed by atoms with van der Waals surface area (Å²) in [5.74, 6) is 0. The van der Waals surface area contributed by atoms with Crippen molar-refractivity contribution < 1.29 is 13.3 Å². The molecule has 5 heteroatoms. The molecule has 0 spiro atoms. The Kier molecular flexibility index (Phi) is 3.10. The van der Waals surface area contributed by atoms with Crippen molar-refractivity contribution in [1.82, 2.24) is 0 Å². The number of quaternary nitrogens is 1. The number of sulfonamides is 1. The second-order valence-electron chi connectivity index (χ2n) is 1.90. The van der Waals surface area contributed by atoms with Crippen LogP contribution in [-0.2, 0) is 10.0 Å². The minimum absolute atomic E-state index is 0.0150. The number of primary sulfonamides is 1. The predicted molar refractivity (Wildman–Crippen MR) is 34.0 cm³/mol. The van der Waals surface area contributed by atoms with E-state index >= 15 is 0 Å². The van der Waals surface area contributed by atoms with E-state index in [1.165, 1.54) is 6.92 Å². The van der Waals surface area contributed by atoms with Gasteiger partial charge in [0.2, 0.25) is 0 Å². The summed E-state index contributed by atoms with van der Waals surface area (Å²) in [6, 6.07) is 0. The van der Waals surface area contributed by atoms with E-state index in [0.717, 1.165) is 0 Å². The van der Waals surface area contributed by atoms with Crippen molar-refractivity contribution in [3.05, 3.63) is 5.21 Å². The van der Waals surface area contributed by atoms with Gasteiger partial charge in [0.1, 0.15) is 5.25 Å². The monoisotopic (exact) mass is 153 g/mol. The Morgan fingerprint density at radius 1 is 1.67 bits per heavy atom. The molecule has 0 aromatic heterocycles. The number of hydrogen-bond donors (Lipinski definition) is 1. The van der Waals surface area contributed by atoms with E-state index in [2.05, 4.69) is 0 Å². The van der Waals surface area contributed by atoms with E-state index in [-0.39, 0.29) is 4.89 Å². The fourth-order valence-electron chi connectivity index (χ4n) is 0.327. The molecule has 0 bridgehead atoms. The SMILES string of the molecule is CCC(C)S(=O)(=O)[NH2+][O-]. The lowest BCUT2D eigenvalue weighted by Gasteiger charge is -2.08. The zero-order chi connectivity index (χ0) is 7.49. The van der Waals surface area contributed by atoms with Gasteiger partial charge in [0.15, 0.2) is 0 Å². The third-order valence-electron chi connectivity index (χ3n) is 1.27. The molecule has 0 saturated carbocycles. The predicted octanol–water partition coefficient (Wildman–Crippen LogP) is -0.824. The first kappa shape index (κ1) is 8.87. The Hall–Kier alpha value is -0.130. The van der Waals surface area contributed by atoms with Gasteiger partial charge < -0.3 is 5.21 Å². The third-order valence-corrected chi connectivity index (χ3v) is 2.99. The zero-order valence-electron chi connectivity index (χ0n) is 5.49. The molecule has 1 atom stereocenters. The molecule has 0 saturated heterocycles. The molecule has 0 aromatic rings. The van der Waals surface area contributed by atoms with Crippen molar-refractivity contribution in [3.63, 3.8) is 0 Å². The van der Waals surface area contributed by atoms with Crippen LogP contribution in [0.5, 0.6) is 0 Å². The zero-order valence-corrected chi connectivity index (χ0v) is 6.31. The summed E-state index contributed by atoms with van der Waals surface area (Å²) in [6.45, 7) is 3.25. The molecular formula is C4H11NO3S. The van der Waals surface area contributed by atoms with Crippen molar-refractivity contribution in [2.24, 2.45) is 0 Å². The Bertz CT molecular complexity index is 163. The number of nitrogens with two attached hydrogens (primary N) is 1. The highest BCUT2D eigenvalue weighted by atomic mass is 32.2. The summed E-state index contributed by atoms with van der Waals surface area (Å²) in [5, 5.41) is 9.31. The average molecular weight is 153 g/mol. The first-order valence-electron chi connectivity index (χ1n) is 2.73. The molecule has 0 heterocycles. The van der Waals surface area contributed by atoms with Crippen molar-refractivity contribution in [1.29, 1.82) is 0 Å². The van der Waals surface area contributed by atoms with Gasteiger partial charge in [0.05, 0.1) is 0 Å². The molecule has 0 aromatic carbocycles. The second kappa shape index (κ2) is 3.14. The van der Waals surface area contributed by atoms with Crippen LogP contribution in [0.15, 0.2) is 0 Å². The van der Waals surface area contributed by atoms with E-state index in [0.29, 0.717) is 6.42 Å². The van der Waals surface area contributed by atoms with E-state index in [1.807, 2.05) is 0 Å². The normalized spacial score (nSPS) is 15.4. The van der Waals surface area contributed by atoms with Gasteiger partial charge >= 0.3 is 0 Å². The first-order valence-corrected chi connectivity index (χ1v) is 4.34. The molecule has 56 valence electrons. The van der Waals surface area contributed by atoms with Crippen LogP contribution < -0.4 is 4.89 Å². The van der Waals surface area contributed by atoms with Crippen molar-refractivity contribution in [2.45, 2.75) is 25.5 Å². The quantitative estimate of drug-likeness (QED) is 0.538. The van der Waals surface area contributed by atoms with Crippen molar-refractivity contribution >= 4 is 10.0 Å². The van der Waals surface area contributed by atoms with Crippen LogP contribution in [-0.4, -0.2) is 13.7 Å².